The van der Waals surface area contributed by atoms with Crippen LogP contribution in [0.1, 0.15) is 37.1 Å². The number of benzene rings is 1. The SMILES string of the molecule is CCCCN(C)N/C(Cl)=C(C=O)/C1=C(F)/C=C(/Cl)CN(C)C(c2ccccc2C)NC1. The average molecular weight is 469 g/mol. The van der Waals surface area contributed by atoms with E-state index in [2.05, 4.69) is 17.7 Å². The Labute approximate surface area is 194 Å². The molecule has 1 unspecified atom stereocenters. The Bertz CT molecular complexity index is 869. The molecule has 1 heterocycles. The van der Waals surface area contributed by atoms with Gasteiger partial charge in [-0.05, 0) is 37.6 Å². The lowest BCUT2D eigenvalue weighted by Crippen LogP contribution is -2.38. The van der Waals surface area contributed by atoms with Gasteiger partial charge in [-0.2, -0.15) is 0 Å². The molecule has 0 bridgehead atoms. The Morgan fingerprint density at radius 2 is 2.13 bits per heavy atom. The van der Waals surface area contributed by atoms with E-state index in [9.17, 15) is 4.79 Å². The van der Waals surface area contributed by atoms with Crippen LogP contribution in [-0.2, 0) is 4.79 Å². The molecule has 1 aliphatic heterocycles. The van der Waals surface area contributed by atoms with Crippen LogP contribution in [0.2, 0.25) is 0 Å². The molecule has 5 nitrogen and oxygen atoms in total. The van der Waals surface area contributed by atoms with Crippen molar-refractivity contribution in [1.29, 1.82) is 0 Å². The molecule has 0 aromatic heterocycles. The first kappa shape index (κ1) is 25.6. The zero-order valence-electron chi connectivity index (χ0n) is 18.5. The second-order valence-corrected chi connectivity index (χ2v) is 8.57. The minimum absolute atomic E-state index is 0.0591. The van der Waals surface area contributed by atoms with Crippen LogP contribution in [0.4, 0.5) is 4.39 Å². The Morgan fingerprint density at radius 3 is 2.77 bits per heavy atom. The van der Waals surface area contributed by atoms with Crippen LogP contribution in [0, 0.1) is 6.92 Å². The fraction of sp³-hybridized carbons (Fsp3) is 0.435. The van der Waals surface area contributed by atoms with Gasteiger partial charge in [-0.25, -0.2) is 9.40 Å². The molecule has 0 saturated heterocycles. The molecule has 0 aliphatic carbocycles. The van der Waals surface area contributed by atoms with E-state index < -0.39 is 5.83 Å². The van der Waals surface area contributed by atoms with Gasteiger partial charge in [-0.15, -0.1) is 0 Å². The lowest BCUT2D eigenvalue weighted by atomic mass is 10.0. The highest BCUT2D eigenvalue weighted by Crippen LogP contribution is 2.28. The molecule has 8 heteroatoms. The third-order valence-electron chi connectivity index (χ3n) is 5.18. The number of unbranched alkanes of at least 4 members (excludes halogenated alkanes) is 1. The fourth-order valence-corrected chi connectivity index (χ4v) is 4.03. The smallest absolute Gasteiger partial charge is 0.153 e. The van der Waals surface area contributed by atoms with Crippen molar-refractivity contribution in [3.63, 3.8) is 0 Å². The van der Waals surface area contributed by atoms with Gasteiger partial charge in [0, 0.05) is 37.3 Å². The third-order valence-corrected chi connectivity index (χ3v) is 5.70. The van der Waals surface area contributed by atoms with E-state index in [0.29, 0.717) is 17.9 Å². The van der Waals surface area contributed by atoms with Crippen LogP contribution < -0.4 is 10.7 Å². The zero-order valence-corrected chi connectivity index (χ0v) is 20.0. The number of hydrazine groups is 1. The van der Waals surface area contributed by atoms with Crippen LogP contribution >= 0.6 is 23.2 Å². The summed E-state index contributed by atoms with van der Waals surface area (Å²) in [6.07, 6.45) is 3.59. The zero-order chi connectivity index (χ0) is 23.0. The summed E-state index contributed by atoms with van der Waals surface area (Å²) >= 11 is 12.7. The number of nitrogens with one attached hydrogen (secondary N) is 2. The topological polar surface area (TPSA) is 47.6 Å². The number of hydrogen-bond acceptors (Lipinski definition) is 5. The van der Waals surface area contributed by atoms with E-state index in [4.69, 9.17) is 23.2 Å². The third kappa shape index (κ3) is 7.16. The van der Waals surface area contributed by atoms with E-state index in [1.54, 1.807) is 5.01 Å². The van der Waals surface area contributed by atoms with Crippen LogP contribution in [0.3, 0.4) is 0 Å². The largest absolute Gasteiger partial charge is 0.309 e. The van der Waals surface area contributed by atoms with Crippen molar-refractivity contribution in [3.05, 3.63) is 68.6 Å². The van der Waals surface area contributed by atoms with Gasteiger partial charge in [0.05, 0.1) is 11.7 Å². The van der Waals surface area contributed by atoms with Crippen LogP contribution in [0.5, 0.6) is 0 Å². The number of carbonyl (C=O) groups is 1. The predicted molar refractivity (Wildman–Crippen MR) is 126 cm³/mol. The van der Waals surface area contributed by atoms with Gasteiger partial charge >= 0.3 is 0 Å². The lowest BCUT2D eigenvalue weighted by molar-refractivity contribution is -0.104. The second kappa shape index (κ2) is 12.4. The van der Waals surface area contributed by atoms with Crippen molar-refractivity contribution in [2.24, 2.45) is 0 Å². The predicted octanol–water partition coefficient (Wildman–Crippen LogP) is 4.76. The van der Waals surface area contributed by atoms with E-state index in [1.165, 1.54) is 6.08 Å². The van der Waals surface area contributed by atoms with Crippen molar-refractivity contribution in [2.75, 3.05) is 33.7 Å². The monoisotopic (exact) mass is 468 g/mol. The highest BCUT2D eigenvalue weighted by atomic mass is 35.5. The van der Waals surface area contributed by atoms with E-state index in [-0.39, 0.29) is 29.0 Å². The standard InChI is InChI=1S/C23H31Cl2FN4O/c1-5-6-11-30(4)28-22(25)20(15-31)19-13-27-23(18-10-8-7-9-16(18)2)29(3)14-17(24)12-21(19)26/h7-10,12,15,23,27-28H,5-6,11,13-14H2,1-4H3/b17-12+,21-19-,22-20+. The molecule has 1 aromatic rings. The molecule has 1 atom stereocenters. The maximum Gasteiger partial charge on any atom is 0.153 e. The number of nitrogens with zero attached hydrogens (tertiary/aromatic N) is 2. The van der Waals surface area contributed by atoms with Crippen molar-refractivity contribution in [3.8, 4) is 0 Å². The average Bonchev–Trinajstić information content (AvgIpc) is 2.76. The van der Waals surface area contributed by atoms with Gasteiger partial charge in [0.1, 0.15) is 11.0 Å². The number of aryl methyl sites for hydroxylation is 1. The van der Waals surface area contributed by atoms with Gasteiger partial charge in [0.2, 0.25) is 0 Å². The summed E-state index contributed by atoms with van der Waals surface area (Å²) in [4.78, 5) is 13.9. The number of allylic oxidation sites excluding steroid dienone is 2. The fourth-order valence-electron chi connectivity index (χ4n) is 3.44. The van der Waals surface area contributed by atoms with Crippen molar-refractivity contribution in [1.82, 2.24) is 20.7 Å². The van der Waals surface area contributed by atoms with Gasteiger partial charge < -0.3 is 5.43 Å². The Morgan fingerprint density at radius 1 is 1.42 bits per heavy atom. The Balaban J connectivity index is 2.41. The molecule has 0 fully saturated rings. The molecule has 0 spiro atoms. The number of carbonyl (C=O) groups excluding carboxylic acids is 1. The van der Waals surface area contributed by atoms with Crippen molar-refractivity contribution < 1.29 is 9.18 Å². The number of aldehydes is 1. The maximum absolute atomic E-state index is 15.2. The Kier molecular flexibility index (Phi) is 10.2. The van der Waals surface area contributed by atoms with Crippen molar-refractivity contribution >= 4 is 29.5 Å². The summed E-state index contributed by atoms with van der Waals surface area (Å²) in [6, 6.07) is 7.98. The first-order valence-corrected chi connectivity index (χ1v) is 11.1. The second-order valence-electron chi connectivity index (χ2n) is 7.71. The molecule has 0 amide bonds. The molecule has 1 aliphatic rings. The minimum Gasteiger partial charge on any atom is -0.309 e. The molecular formula is C23H31Cl2FN4O. The summed E-state index contributed by atoms with van der Waals surface area (Å²) in [7, 11) is 3.74. The lowest BCUT2D eigenvalue weighted by Gasteiger charge is -2.30. The summed E-state index contributed by atoms with van der Waals surface area (Å²) in [5.74, 6) is -0.588. The van der Waals surface area contributed by atoms with Crippen LogP contribution in [-0.4, -0.2) is 49.9 Å². The molecule has 1 aromatic carbocycles. The maximum atomic E-state index is 15.2. The normalized spacial score (nSPS) is 23.4. The number of rotatable bonds is 8. The first-order valence-electron chi connectivity index (χ1n) is 10.3. The molecule has 0 radical (unpaired) electrons. The van der Waals surface area contributed by atoms with Crippen LogP contribution in [0.25, 0.3) is 0 Å². The molecule has 0 saturated carbocycles. The minimum atomic E-state index is -0.588. The molecule has 170 valence electrons. The summed E-state index contributed by atoms with van der Waals surface area (Å²) in [5.41, 5.74) is 5.33. The molecule has 2 N–H and O–H groups in total. The van der Waals surface area contributed by atoms with Gasteiger partial charge in [0.25, 0.3) is 0 Å². The molecule has 2 rings (SSSR count). The van der Waals surface area contributed by atoms with E-state index in [1.807, 2.05) is 50.2 Å². The first-order chi connectivity index (χ1) is 14.8. The Hall–Kier alpha value is -1.70. The van der Waals surface area contributed by atoms with Gasteiger partial charge in [-0.1, -0.05) is 60.8 Å². The summed E-state index contributed by atoms with van der Waals surface area (Å²) in [5, 5.41) is 5.55. The highest BCUT2D eigenvalue weighted by Gasteiger charge is 2.24. The highest BCUT2D eigenvalue weighted by molar-refractivity contribution is 6.31. The number of halogens is 3. The van der Waals surface area contributed by atoms with Crippen molar-refractivity contribution in [2.45, 2.75) is 32.9 Å². The van der Waals surface area contributed by atoms with E-state index in [0.717, 1.165) is 30.5 Å². The van der Waals surface area contributed by atoms with Gasteiger partial charge in [-0.3, -0.25) is 15.0 Å². The molecule has 31 heavy (non-hydrogen) atoms. The van der Waals surface area contributed by atoms with Gasteiger partial charge in [0.15, 0.2) is 6.29 Å². The van der Waals surface area contributed by atoms with E-state index >= 15 is 4.39 Å². The quantitative estimate of drug-likeness (QED) is 0.249. The molecular weight excluding hydrogens is 438 g/mol. The summed E-state index contributed by atoms with van der Waals surface area (Å²) < 4.78 is 15.2. The number of hydrogen-bond donors (Lipinski definition) is 2. The van der Waals surface area contributed by atoms with Crippen LogP contribution in [0.15, 0.2) is 57.5 Å². The summed E-state index contributed by atoms with van der Waals surface area (Å²) in [6.45, 7) is 5.30. The number of likely N-dealkylation sites (N-methyl/N-ethyl adjacent to an activating group) is 1.